The molecular weight excluding hydrogens is 390 g/mol. The maximum Gasteiger partial charge on any atom is 0.269 e. The Labute approximate surface area is 172 Å². The lowest BCUT2D eigenvalue weighted by Crippen LogP contribution is -2.47. The summed E-state index contributed by atoms with van der Waals surface area (Å²) in [6, 6.07) is 10.9. The Bertz CT molecular complexity index is 983. The SMILES string of the molecule is COc1cc(C(=O)NNC(=O)CN2C(=O)c3ccccc3C2=O)ccc1OC(C)C. The summed E-state index contributed by atoms with van der Waals surface area (Å²) in [4.78, 5) is 49.9. The molecule has 0 saturated carbocycles. The smallest absolute Gasteiger partial charge is 0.269 e. The van der Waals surface area contributed by atoms with Crippen LogP contribution < -0.4 is 20.3 Å². The summed E-state index contributed by atoms with van der Waals surface area (Å²) in [5, 5.41) is 0. The number of methoxy groups -OCH3 is 1. The fraction of sp³-hybridized carbons (Fsp3) is 0.238. The van der Waals surface area contributed by atoms with Crippen molar-refractivity contribution in [1.82, 2.24) is 15.8 Å². The van der Waals surface area contributed by atoms with Crippen molar-refractivity contribution in [2.75, 3.05) is 13.7 Å². The van der Waals surface area contributed by atoms with Gasteiger partial charge >= 0.3 is 0 Å². The van der Waals surface area contributed by atoms with Gasteiger partial charge in [-0.05, 0) is 44.2 Å². The molecule has 1 aliphatic heterocycles. The molecule has 9 nitrogen and oxygen atoms in total. The third-order valence-corrected chi connectivity index (χ3v) is 4.28. The first-order chi connectivity index (χ1) is 14.3. The molecule has 0 aliphatic carbocycles. The van der Waals surface area contributed by atoms with Crippen molar-refractivity contribution in [3.63, 3.8) is 0 Å². The Balaban J connectivity index is 1.59. The van der Waals surface area contributed by atoms with Crippen LogP contribution in [0.25, 0.3) is 0 Å². The standard InChI is InChI=1S/C21H21N3O6/c1-12(2)30-16-9-8-13(10-17(16)29-3)19(26)23-22-18(25)11-24-20(27)14-6-4-5-7-15(14)21(24)28/h4-10,12H,11H2,1-3H3,(H,22,25)(H,23,26). The zero-order valence-corrected chi connectivity index (χ0v) is 16.7. The van der Waals surface area contributed by atoms with E-state index in [0.717, 1.165) is 4.90 Å². The van der Waals surface area contributed by atoms with E-state index in [9.17, 15) is 19.2 Å². The summed E-state index contributed by atoms with van der Waals surface area (Å²) in [6.07, 6.45) is -0.0694. The van der Waals surface area contributed by atoms with Gasteiger partial charge in [-0.25, -0.2) is 0 Å². The Kier molecular flexibility index (Phi) is 6.01. The maximum atomic E-state index is 12.3. The van der Waals surface area contributed by atoms with E-state index in [-0.39, 0.29) is 22.8 Å². The Morgan fingerprint density at radius 2 is 1.60 bits per heavy atom. The molecular formula is C21H21N3O6. The van der Waals surface area contributed by atoms with Gasteiger partial charge in [0.2, 0.25) is 0 Å². The van der Waals surface area contributed by atoms with Gasteiger partial charge in [-0.3, -0.25) is 34.9 Å². The predicted molar refractivity (Wildman–Crippen MR) is 106 cm³/mol. The second-order valence-electron chi connectivity index (χ2n) is 6.78. The van der Waals surface area contributed by atoms with Crippen molar-refractivity contribution in [3.05, 3.63) is 59.2 Å². The van der Waals surface area contributed by atoms with E-state index in [4.69, 9.17) is 9.47 Å². The molecule has 2 N–H and O–H groups in total. The predicted octanol–water partition coefficient (Wildman–Crippen LogP) is 1.54. The van der Waals surface area contributed by atoms with Gasteiger partial charge in [0.25, 0.3) is 23.6 Å². The van der Waals surface area contributed by atoms with Crippen LogP contribution in [0.1, 0.15) is 44.9 Å². The summed E-state index contributed by atoms with van der Waals surface area (Å²) >= 11 is 0. The van der Waals surface area contributed by atoms with E-state index in [0.29, 0.717) is 11.5 Å². The molecule has 30 heavy (non-hydrogen) atoms. The Morgan fingerprint density at radius 3 is 2.17 bits per heavy atom. The number of hydrazine groups is 1. The number of nitrogens with one attached hydrogen (secondary N) is 2. The molecule has 0 spiro atoms. The first-order valence-electron chi connectivity index (χ1n) is 9.21. The fourth-order valence-electron chi connectivity index (χ4n) is 2.92. The van der Waals surface area contributed by atoms with Crippen LogP contribution in [0.15, 0.2) is 42.5 Å². The van der Waals surface area contributed by atoms with E-state index in [1.54, 1.807) is 18.2 Å². The Hall–Kier alpha value is -3.88. The number of ether oxygens (including phenoxy) is 2. The fourth-order valence-corrected chi connectivity index (χ4v) is 2.92. The van der Waals surface area contributed by atoms with Gasteiger partial charge in [0.1, 0.15) is 6.54 Å². The summed E-state index contributed by atoms with van der Waals surface area (Å²) < 4.78 is 10.8. The minimum atomic E-state index is -0.718. The number of hydrogen-bond acceptors (Lipinski definition) is 6. The number of carbonyl (C=O) groups is 4. The van der Waals surface area contributed by atoms with Gasteiger partial charge in [0.05, 0.1) is 24.3 Å². The largest absolute Gasteiger partial charge is 0.493 e. The minimum Gasteiger partial charge on any atom is -0.493 e. The van der Waals surface area contributed by atoms with E-state index in [1.807, 2.05) is 13.8 Å². The molecule has 0 atom stereocenters. The number of fused-ring (bicyclic) bond motifs is 1. The molecule has 0 unspecified atom stereocenters. The third kappa shape index (κ3) is 4.24. The Morgan fingerprint density at radius 1 is 0.967 bits per heavy atom. The lowest BCUT2D eigenvalue weighted by atomic mass is 10.1. The molecule has 2 aromatic carbocycles. The number of rotatable bonds is 6. The molecule has 4 amide bonds. The van der Waals surface area contributed by atoms with Gasteiger partial charge < -0.3 is 9.47 Å². The summed E-state index contributed by atoms with van der Waals surface area (Å²) in [5.74, 6) is -1.57. The van der Waals surface area contributed by atoms with Crippen molar-refractivity contribution in [3.8, 4) is 11.5 Å². The van der Waals surface area contributed by atoms with E-state index < -0.39 is 30.2 Å². The van der Waals surface area contributed by atoms with Gasteiger partial charge in [0, 0.05) is 5.56 Å². The quantitative estimate of drug-likeness (QED) is 0.551. The van der Waals surface area contributed by atoms with E-state index in [2.05, 4.69) is 10.9 Å². The topological polar surface area (TPSA) is 114 Å². The normalized spacial score (nSPS) is 12.6. The molecule has 156 valence electrons. The van der Waals surface area contributed by atoms with Crippen LogP contribution in [0, 0.1) is 0 Å². The highest BCUT2D eigenvalue weighted by Crippen LogP contribution is 2.29. The highest BCUT2D eigenvalue weighted by molar-refractivity contribution is 6.22. The van der Waals surface area contributed by atoms with Gasteiger partial charge in [-0.2, -0.15) is 0 Å². The van der Waals surface area contributed by atoms with Crippen LogP contribution in [-0.4, -0.2) is 48.3 Å². The first kappa shape index (κ1) is 20.8. The second kappa shape index (κ2) is 8.64. The van der Waals surface area contributed by atoms with Crippen molar-refractivity contribution in [1.29, 1.82) is 0 Å². The molecule has 1 heterocycles. The number of amides is 4. The van der Waals surface area contributed by atoms with Crippen molar-refractivity contribution >= 4 is 23.6 Å². The van der Waals surface area contributed by atoms with E-state index in [1.165, 1.54) is 31.4 Å². The molecule has 0 radical (unpaired) electrons. The van der Waals surface area contributed by atoms with Crippen molar-refractivity contribution < 1.29 is 28.7 Å². The van der Waals surface area contributed by atoms with Gasteiger partial charge in [-0.15, -0.1) is 0 Å². The monoisotopic (exact) mass is 411 g/mol. The van der Waals surface area contributed by atoms with E-state index >= 15 is 0 Å². The lowest BCUT2D eigenvalue weighted by Gasteiger charge is -2.15. The lowest BCUT2D eigenvalue weighted by molar-refractivity contribution is -0.122. The average molecular weight is 411 g/mol. The summed E-state index contributed by atoms with van der Waals surface area (Å²) in [6.45, 7) is 3.21. The average Bonchev–Trinajstić information content (AvgIpc) is 2.97. The summed E-state index contributed by atoms with van der Waals surface area (Å²) in [7, 11) is 1.45. The molecule has 0 fully saturated rings. The zero-order valence-electron chi connectivity index (χ0n) is 16.7. The van der Waals surface area contributed by atoms with Crippen molar-refractivity contribution in [2.45, 2.75) is 20.0 Å². The highest BCUT2D eigenvalue weighted by atomic mass is 16.5. The number of imide groups is 1. The number of hydrogen-bond donors (Lipinski definition) is 2. The summed E-state index contributed by atoms with van der Waals surface area (Å²) in [5.41, 5.74) is 5.17. The van der Waals surface area contributed by atoms with Crippen LogP contribution >= 0.6 is 0 Å². The maximum absolute atomic E-state index is 12.3. The number of benzene rings is 2. The zero-order chi connectivity index (χ0) is 21.8. The first-order valence-corrected chi connectivity index (χ1v) is 9.21. The molecule has 1 aliphatic rings. The van der Waals surface area contributed by atoms with Crippen molar-refractivity contribution in [2.24, 2.45) is 0 Å². The highest BCUT2D eigenvalue weighted by Gasteiger charge is 2.36. The van der Waals surface area contributed by atoms with Crippen LogP contribution in [0.5, 0.6) is 11.5 Å². The molecule has 0 saturated heterocycles. The molecule has 0 aromatic heterocycles. The van der Waals surface area contributed by atoms with Crippen LogP contribution in [0.4, 0.5) is 0 Å². The molecule has 0 bridgehead atoms. The van der Waals surface area contributed by atoms with Crippen LogP contribution in [-0.2, 0) is 4.79 Å². The number of nitrogens with zero attached hydrogens (tertiary/aromatic N) is 1. The van der Waals surface area contributed by atoms with Crippen LogP contribution in [0.3, 0.4) is 0 Å². The number of carbonyl (C=O) groups excluding carboxylic acids is 4. The molecule has 3 rings (SSSR count). The van der Waals surface area contributed by atoms with Gasteiger partial charge in [0.15, 0.2) is 11.5 Å². The minimum absolute atomic E-state index is 0.0694. The third-order valence-electron chi connectivity index (χ3n) is 4.28. The molecule has 9 heteroatoms. The second-order valence-corrected chi connectivity index (χ2v) is 6.78. The van der Waals surface area contributed by atoms with Gasteiger partial charge in [-0.1, -0.05) is 12.1 Å². The molecule has 2 aromatic rings. The van der Waals surface area contributed by atoms with Crippen LogP contribution in [0.2, 0.25) is 0 Å².